The number of hydrogen-bond donors (Lipinski definition) is 2. The minimum Gasteiger partial charge on any atom is -0.383 e. The van der Waals surface area contributed by atoms with E-state index in [1.807, 2.05) is 24.3 Å². The second-order valence-corrected chi connectivity index (χ2v) is 6.96. The smallest absolute Gasteiger partial charge is 0.255 e. The molecule has 6 heteroatoms. The molecule has 0 aliphatic rings. The first-order chi connectivity index (χ1) is 12.5. The number of nitrogens with two attached hydrogens (primary N) is 1. The average Bonchev–Trinajstić information content (AvgIpc) is 2.63. The number of nitrogens with zero attached hydrogens (tertiary/aromatic N) is 1. The van der Waals surface area contributed by atoms with Crippen LogP contribution < -0.4 is 11.1 Å². The molecule has 0 radical (unpaired) electrons. The molecule has 1 aromatic heterocycles. The zero-order chi connectivity index (χ0) is 18.5. The normalized spacial score (nSPS) is 10.5. The lowest BCUT2D eigenvalue weighted by Crippen LogP contribution is -2.24. The van der Waals surface area contributed by atoms with Crippen molar-refractivity contribution in [2.75, 3.05) is 5.73 Å². The quantitative estimate of drug-likeness (QED) is 0.664. The highest BCUT2D eigenvalue weighted by molar-refractivity contribution is 7.99. The van der Waals surface area contributed by atoms with Crippen molar-refractivity contribution in [2.45, 2.75) is 23.3 Å². The summed E-state index contributed by atoms with van der Waals surface area (Å²) in [4.78, 5) is 17.9. The first kappa shape index (κ1) is 17.9. The zero-order valence-electron chi connectivity index (χ0n) is 14.2. The van der Waals surface area contributed by atoms with Crippen molar-refractivity contribution in [3.63, 3.8) is 0 Å². The highest BCUT2D eigenvalue weighted by atomic mass is 32.2. The van der Waals surface area contributed by atoms with Crippen molar-refractivity contribution >= 4 is 23.5 Å². The third-order valence-corrected chi connectivity index (χ3v) is 4.78. The van der Waals surface area contributed by atoms with E-state index in [0.717, 1.165) is 16.5 Å². The van der Waals surface area contributed by atoms with Gasteiger partial charge in [0.05, 0.1) is 5.56 Å². The van der Waals surface area contributed by atoms with E-state index in [0.29, 0.717) is 6.54 Å². The summed E-state index contributed by atoms with van der Waals surface area (Å²) in [5, 5.41) is 2.76. The van der Waals surface area contributed by atoms with E-state index in [1.165, 1.54) is 16.5 Å². The van der Waals surface area contributed by atoms with Crippen LogP contribution in [0.3, 0.4) is 0 Å². The highest BCUT2D eigenvalue weighted by Crippen LogP contribution is 2.27. The molecule has 0 bridgehead atoms. The van der Waals surface area contributed by atoms with Crippen LogP contribution in [0.4, 0.5) is 10.2 Å². The molecule has 2 aromatic carbocycles. The van der Waals surface area contributed by atoms with Crippen molar-refractivity contribution in [3.05, 3.63) is 83.3 Å². The third-order valence-electron chi connectivity index (χ3n) is 3.77. The molecule has 0 saturated heterocycles. The van der Waals surface area contributed by atoms with Crippen molar-refractivity contribution in [1.82, 2.24) is 10.3 Å². The van der Waals surface area contributed by atoms with E-state index in [-0.39, 0.29) is 17.3 Å². The van der Waals surface area contributed by atoms with Crippen molar-refractivity contribution < 1.29 is 9.18 Å². The van der Waals surface area contributed by atoms with Gasteiger partial charge in [0.15, 0.2) is 0 Å². The fourth-order valence-electron chi connectivity index (χ4n) is 2.34. The summed E-state index contributed by atoms with van der Waals surface area (Å²) in [6, 6.07) is 18.7. The Bertz CT molecular complexity index is 911. The van der Waals surface area contributed by atoms with Crippen molar-refractivity contribution in [3.8, 4) is 0 Å². The number of anilines is 1. The lowest BCUT2D eigenvalue weighted by Gasteiger charge is -2.08. The number of pyridine rings is 1. The van der Waals surface area contributed by atoms with Crippen LogP contribution in [0.5, 0.6) is 0 Å². The maximum atomic E-state index is 13.0. The minimum atomic E-state index is -0.708. The SMILES string of the molecule is Cc1ccc(Sc2ccc(CNC(=O)c3ccc(F)nc3N)cc2)cc1. The monoisotopic (exact) mass is 367 g/mol. The first-order valence-electron chi connectivity index (χ1n) is 8.05. The van der Waals surface area contributed by atoms with Crippen LogP contribution >= 0.6 is 11.8 Å². The van der Waals surface area contributed by atoms with Crippen LogP contribution in [-0.2, 0) is 6.54 Å². The molecule has 1 amide bonds. The predicted molar refractivity (Wildman–Crippen MR) is 102 cm³/mol. The van der Waals surface area contributed by atoms with Crippen molar-refractivity contribution in [2.24, 2.45) is 0 Å². The van der Waals surface area contributed by atoms with Gasteiger partial charge >= 0.3 is 0 Å². The molecule has 0 atom stereocenters. The maximum absolute atomic E-state index is 13.0. The van der Waals surface area contributed by atoms with Gasteiger partial charge in [-0.1, -0.05) is 41.6 Å². The van der Waals surface area contributed by atoms with Gasteiger partial charge in [0.1, 0.15) is 5.82 Å². The second-order valence-electron chi connectivity index (χ2n) is 5.81. The first-order valence-corrected chi connectivity index (χ1v) is 8.86. The number of rotatable bonds is 5. The topological polar surface area (TPSA) is 68.0 Å². The van der Waals surface area contributed by atoms with Crippen LogP contribution in [-0.4, -0.2) is 10.9 Å². The fraction of sp³-hybridized carbons (Fsp3) is 0.100. The van der Waals surface area contributed by atoms with E-state index in [9.17, 15) is 9.18 Å². The molecular weight excluding hydrogens is 349 g/mol. The Morgan fingerprint density at radius 2 is 1.65 bits per heavy atom. The lowest BCUT2D eigenvalue weighted by molar-refractivity contribution is 0.0951. The Morgan fingerprint density at radius 3 is 2.27 bits per heavy atom. The van der Waals surface area contributed by atoms with E-state index in [1.54, 1.807) is 11.8 Å². The number of hydrogen-bond acceptors (Lipinski definition) is 4. The van der Waals surface area contributed by atoms with Gasteiger partial charge in [-0.15, -0.1) is 0 Å². The zero-order valence-corrected chi connectivity index (χ0v) is 15.0. The molecule has 0 unspecified atom stereocenters. The van der Waals surface area contributed by atoms with Gasteiger partial charge in [0.25, 0.3) is 5.91 Å². The Balaban J connectivity index is 1.58. The van der Waals surface area contributed by atoms with Crippen LogP contribution in [0, 0.1) is 12.9 Å². The molecule has 0 fully saturated rings. The van der Waals surface area contributed by atoms with E-state index < -0.39 is 5.95 Å². The summed E-state index contributed by atoms with van der Waals surface area (Å²) in [7, 11) is 0. The van der Waals surface area contributed by atoms with Gasteiger partial charge < -0.3 is 11.1 Å². The molecule has 3 aromatic rings. The summed E-state index contributed by atoms with van der Waals surface area (Å²) in [6.07, 6.45) is 0. The van der Waals surface area contributed by atoms with E-state index >= 15 is 0 Å². The van der Waals surface area contributed by atoms with Gasteiger partial charge in [-0.25, -0.2) is 4.98 Å². The van der Waals surface area contributed by atoms with E-state index in [4.69, 9.17) is 5.73 Å². The Morgan fingerprint density at radius 1 is 1.04 bits per heavy atom. The molecule has 3 rings (SSSR count). The number of amides is 1. The molecule has 1 heterocycles. The summed E-state index contributed by atoms with van der Waals surface area (Å²) < 4.78 is 13.0. The number of nitrogens with one attached hydrogen (secondary N) is 1. The van der Waals surface area contributed by atoms with E-state index in [2.05, 4.69) is 41.5 Å². The Kier molecular flexibility index (Phi) is 5.53. The molecule has 0 spiro atoms. The largest absolute Gasteiger partial charge is 0.383 e. The number of carbonyl (C=O) groups is 1. The Labute approximate surface area is 155 Å². The molecule has 0 aliphatic carbocycles. The number of aryl methyl sites for hydroxylation is 1. The van der Waals surface area contributed by atoms with Gasteiger partial charge in [0.2, 0.25) is 5.95 Å². The number of halogens is 1. The molecule has 3 N–H and O–H groups in total. The molecule has 4 nitrogen and oxygen atoms in total. The van der Waals surface area contributed by atoms with Gasteiger partial charge in [-0.2, -0.15) is 4.39 Å². The standard InChI is InChI=1S/C20H18FN3OS/c1-13-2-6-15(7-3-13)26-16-8-4-14(5-9-16)12-23-20(25)17-10-11-18(21)24-19(17)22/h2-11H,12H2,1H3,(H2,22,24)(H,23,25). The van der Waals surface area contributed by atoms with Gasteiger partial charge in [-0.3, -0.25) is 4.79 Å². The average molecular weight is 367 g/mol. The molecule has 132 valence electrons. The number of carbonyl (C=O) groups excluding carboxylic acids is 1. The summed E-state index contributed by atoms with van der Waals surface area (Å²) in [5.74, 6) is -1.21. The summed E-state index contributed by atoms with van der Waals surface area (Å²) in [6.45, 7) is 2.41. The van der Waals surface area contributed by atoms with Crippen LogP contribution in [0.1, 0.15) is 21.5 Å². The molecular formula is C20H18FN3OS. The highest BCUT2D eigenvalue weighted by Gasteiger charge is 2.11. The second kappa shape index (κ2) is 8.01. The van der Waals surface area contributed by atoms with Crippen LogP contribution in [0.25, 0.3) is 0 Å². The number of benzene rings is 2. The predicted octanol–water partition coefficient (Wildman–Crippen LogP) is 4.19. The van der Waals surface area contributed by atoms with Crippen molar-refractivity contribution in [1.29, 1.82) is 0 Å². The number of nitrogen functional groups attached to an aromatic ring is 1. The fourth-order valence-corrected chi connectivity index (χ4v) is 3.15. The molecule has 0 aliphatic heterocycles. The van der Waals surface area contributed by atoms with Gasteiger partial charge in [-0.05, 0) is 48.9 Å². The molecule has 0 saturated carbocycles. The Hall–Kier alpha value is -2.86. The minimum absolute atomic E-state index is 0.118. The molecule has 26 heavy (non-hydrogen) atoms. The van der Waals surface area contributed by atoms with Crippen LogP contribution in [0.15, 0.2) is 70.5 Å². The summed E-state index contributed by atoms with van der Waals surface area (Å²) >= 11 is 1.68. The van der Waals surface area contributed by atoms with Gasteiger partial charge in [0, 0.05) is 16.3 Å². The van der Waals surface area contributed by atoms with Crippen LogP contribution in [0.2, 0.25) is 0 Å². The summed E-state index contributed by atoms with van der Waals surface area (Å²) in [5.41, 5.74) is 7.94. The third kappa shape index (κ3) is 4.61. The number of aromatic nitrogens is 1. The maximum Gasteiger partial charge on any atom is 0.255 e. The lowest BCUT2D eigenvalue weighted by atomic mass is 10.2.